The lowest BCUT2D eigenvalue weighted by Crippen LogP contribution is -2.46. The molecule has 1 saturated carbocycles. The highest BCUT2D eigenvalue weighted by Gasteiger charge is 2.47. The van der Waals surface area contributed by atoms with Crippen LogP contribution in [0.15, 0.2) is 29.2 Å². The highest BCUT2D eigenvalue weighted by Crippen LogP contribution is 2.32. The number of carbonyl (C=O) groups is 1. The van der Waals surface area contributed by atoms with E-state index in [1.807, 2.05) is 0 Å². The Morgan fingerprint density at radius 2 is 1.95 bits per heavy atom. The summed E-state index contributed by atoms with van der Waals surface area (Å²) in [6.45, 7) is 0. The number of hydrogen-bond acceptors (Lipinski definition) is 4. The Hall–Kier alpha value is -1.61. The molecular weight excluding hydrogens is 309 g/mol. The van der Waals surface area contributed by atoms with Crippen LogP contribution in [-0.2, 0) is 14.6 Å². The summed E-state index contributed by atoms with van der Waals surface area (Å²) in [6, 6.07) is 3.79. The van der Waals surface area contributed by atoms with Crippen LogP contribution in [0.4, 0.5) is 18.9 Å². The van der Waals surface area contributed by atoms with Crippen molar-refractivity contribution < 1.29 is 26.4 Å². The Balaban J connectivity index is 2.21. The van der Waals surface area contributed by atoms with Crippen molar-refractivity contribution in [1.82, 2.24) is 0 Å². The lowest BCUT2D eigenvalue weighted by molar-refractivity contribution is -0.122. The van der Waals surface area contributed by atoms with Crippen LogP contribution in [0, 0.1) is 5.92 Å². The van der Waals surface area contributed by atoms with Gasteiger partial charge in [0.05, 0.1) is 10.8 Å². The first-order chi connectivity index (χ1) is 9.63. The van der Waals surface area contributed by atoms with E-state index in [-0.39, 0.29) is 11.7 Å². The average molecular weight is 322 g/mol. The molecule has 1 amide bonds. The molecule has 0 radical (unpaired) electrons. The molecular formula is C12H13F3N2O3S. The zero-order chi connectivity index (χ0) is 15.8. The van der Waals surface area contributed by atoms with Crippen LogP contribution in [0.3, 0.4) is 0 Å². The van der Waals surface area contributed by atoms with E-state index in [0.717, 1.165) is 18.2 Å². The molecule has 0 spiro atoms. The minimum Gasteiger partial charge on any atom is -0.327 e. The fourth-order valence-corrected chi connectivity index (χ4v) is 2.77. The van der Waals surface area contributed by atoms with Crippen LogP contribution >= 0.6 is 0 Å². The van der Waals surface area contributed by atoms with Gasteiger partial charge in [0.15, 0.2) is 0 Å². The van der Waals surface area contributed by atoms with Crippen LogP contribution < -0.4 is 11.1 Å². The van der Waals surface area contributed by atoms with Crippen molar-refractivity contribution in [2.75, 3.05) is 5.32 Å². The highest BCUT2D eigenvalue weighted by molar-refractivity contribution is 7.92. The van der Waals surface area contributed by atoms with E-state index < -0.39 is 32.1 Å². The maximum atomic E-state index is 12.5. The molecule has 0 aliphatic heterocycles. The van der Waals surface area contributed by atoms with E-state index >= 15 is 0 Å². The minimum atomic E-state index is -5.43. The molecule has 1 aromatic rings. The molecule has 0 saturated heterocycles. The predicted octanol–water partition coefficient (Wildman–Crippen LogP) is 1.66. The summed E-state index contributed by atoms with van der Waals surface area (Å²) in [7, 11) is -5.43. The third kappa shape index (κ3) is 3.03. The van der Waals surface area contributed by atoms with Crippen LogP contribution in [0.5, 0.6) is 0 Å². The highest BCUT2D eigenvalue weighted by atomic mass is 32.2. The summed E-state index contributed by atoms with van der Waals surface area (Å²) in [6.07, 6.45) is 1.31. The average Bonchev–Trinajstić information content (AvgIpc) is 2.35. The summed E-state index contributed by atoms with van der Waals surface area (Å²) in [5.74, 6) is -0.816. The van der Waals surface area contributed by atoms with Crippen molar-refractivity contribution in [3.63, 3.8) is 0 Å². The number of amides is 1. The van der Waals surface area contributed by atoms with Gasteiger partial charge in [-0.3, -0.25) is 4.79 Å². The molecule has 2 rings (SSSR count). The summed E-state index contributed by atoms with van der Waals surface area (Å²) in [5, 5.41) is 2.39. The second-order valence-electron chi connectivity index (χ2n) is 4.81. The number of nitrogens with one attached hydrogen (secondary N) is 1. The van der Waals surface area contributed by atoms with E-state index in [4.69, 9.17) is 5.73 Å². The smallest absolute Gasteiger partial charge is 0.327 e. The maximum Gasteiger partial charge on any atom is 0.501 e. The van der Waals surface area contributed by atoms with Crippen LogP contribution in [0.25, 0.3) is 0 Å². The van der Waals surface area contributed by atoms with Gasteiger partial charge >= 0.3 is 5.51 Å². The summed E-state index contributed by atoms with van der Waals surface area (Å²) >= 11 is 0. The Morgan fingerprint density at radius 3 is 2.43 bits per heavy atom. The number of halogens is 3. The second-order valence-corrected chi connectivity index (χ2v) is 6.76. The van der Waals surface area contributed by atoms with Gasteiger partial charge < -0.3 is 11.1 Å². The first kappa shape index (κ1) is 15.8. The molecule has 1 aliphatic carbocycles. The summed E-state index contributed by atoms with van der Waals surface area (Å²) < 4.78 is 60.0. The molecule has 1 fully saturated rings. The Labute approximate surface area is 119 Å². The normalized spacial score (nSPS) is 22.5. The van der Waals surface area contributed by atoms with Crippen LogP contribution in [0.2, 0.25) is 0 Å². The molecule has 9 heteroatoms. The molecule has 0 heterocycles. The van der Waals surface area contributed by atoms with Crippen LogP contribution in [-0.4, -0.2) is 25.9 Å². The molecule has 116 valence electrons. The number of carbonyl (C=O) groups excluding carboxylic acids is 1. The predicted molar refractivity (Wildman–Crippen MR) is 69.0 cm³/mol. The topological polar surface area (TPSA) is 89.3 Å². The molecule has 2 unspecified atom stereocenters. The molecule has 21 heavy (non-hydrogen) atoms. The third-order valence-electron chi connectivity index (χ3n) is 3.38. The van der Waals surface area contributed by atoms with E-state index in [1.165, 1.54) is 6.07 Å². The summed E-state index contributed by atoms with van der Waals surface area (Å²) in [5.41, 5.74) is 0.235. The van der Waals surface area contributed by atoms with E-state index in [1.54, 1.807) is 0 Å². The lowest BCUT2D eigenvalue weighted by atomic mass is 9.79. The van der Waals surface area contributed by atoms with Crippen molar-refractivity contribution in [2.45, 2.75) is 29.3 Å². The molecule has 5 nitrogen and oxygen atoms in total. The molecule has 1 aromatic carbocycles. The van der Waals surface area contributed by atoms with Gasteiger partial charge in [0, 0.05) is 11.7 Å². The van der Waals surface area contributed by atoms with Crippen molar-refractivity contribution in [3.05, 3.63) is 24.3 Å². The molecule has 2 atom stereocenters. The number of alkyl halides is 3. The summed E-state index contributed by atoms with van der Waals surface area (Å²) in [4.78, 5) is 10.9. The molecule has 1 aliphatic rings. The van der Waals surface area contributed by atoms with Gasteiger partial charge in [0.1, 0.15) is 0 Å². The molecule has 3 N–H and O–H groups in total. The zero-order valence-electron chi connectivity index (χ0n) is 10.7. The van der Waals surface area contributed by atoms with Crippen molar-refractivity contribution in [2.24, 2.45) is 11.7 Å². The van der Waals surface area contributed by atoms with Gasteiger partial charge in [0.2, 0.25) is 5.91 Å². The van der Waals surface area contributed by atoms with Gasteiger partial charge in [-0.2, -0.15) is 13.2 Å². The number of nitrogens with two attached hydrogens (primary N) is 1. The van der Waals surface area contributed by atoms with E-state index in [2.05, 4.69) is 5.32 Å². The Morgan fingerprint density at radius 1 is 1.29 bits per heavy atom. The number of sulfone groups is 1. The lowest BCUT2D eigenvalue weighted by Gasteiger charge is -2.32. The minimum absolute atomic E-state index is 0.00979. The van der Waals surface area contributed by atoms with Gasteiger partial charge in [0.25, 0.3) is 9.84 Å². The first-order valence-electron chi connectivity index (χ1n) is 6.11. The number of rotatable bonds is 3. The fraction of sp³-hybridized carbons (Fsp3) is 0.417. The van der Waals surface area contributed by atoms with Gasteiger partial charge in [-0.1, -0.05) is 6.07 Å². The van der Waals surface area contributed by atoms with Crippen LogP contribution in [0.1, 0.15) is 12.8 Å². The zero-order valence-corrected chi connectivity index (χ0v) is 11.5. The van der Waals surface area contributed by atoms with Gasteiger partial charge in [-0.15, -0.1) is 0 Å². The standard InChI is InChI=1S/C12H13F3N2O3S/c13-12(14,15)21(19,20)8-3-1-2-7(6-8)17-11(18)9-4-5-10(9)16/h1-3,6,9-10H,4-5,16H2,(H,17,18). The van der Waals surface area contributed by atoms with Crippen molar-refractivity contribution in [1.29, 1.82) is 0 Å². The SMILES string of the molecule is NC1CCC1C(=O)Nc1cccc(S(=O)(=O)C(F)(F)F)c1. The first-order valence-corrected chi connectivity index (χ1v) is 7.59. The quantitative estimate of drug-likeness (QED) is 0.885. The molecule has 0 aromatic heterocycles. The van der Waals surface area contributed by atoms with Crippen molar-refractivity contribution in [3.8, 4) is 0 Å². The number of anilines is 1. The largest absolute Gasteiger partial charge is 0.501 e. The van der Waals surface area contributed by atoms with Gasteiger partial charge in [-0.25, -0.2) is 8.42 Å². The molecule has 0 bridgehead atoms. The maximum absolute atomic E-state index is 12.5. The Kier molecular flexibility index (Phi) is 3.98. The second kappa shape index (κ2) is 5.30. The third-order valence-corrected chi connectivity index (χ3v) is 4.87. The van der Waals surface area contributed by atoms with Gasteiger partial charge in [-0.05, 0) is 31.0 Å². The van der Waals surface area contributed by atoms with E-state index in [0.29, 0.717) is 12.8 Å². The number of hydrogen-bond donors (Lipinski definition) is 2. The monoisotopic (exact) mass is 322 g/mol. The Bertz CT molecular complexity index is 658. The fourth-order valence-electron chi connectivity index (χ4n) is 1.96. The number of benzene rings is 1. The van der Waals surface area contributed by atoms with E-state index in [9.17, 15) is 26.4 Å². The van der Waals surface area contributed by atoms with Crippen molar-refractivity contribution >= 4 is 21.4 Å².